The van der Waals surface area contributed by atoms with E-state index in [-0.39, 0.29) is 10.8 Å². The number of carbonyl (C=O) groups is 1. The Labute approximate surface area is 170 Å². The lowest BCUT2D eigenvalue weighted by molar-refractivity contribution is 0.0989. The number of amides is 1. The molecule has 1 N–H and O–H groups in total. The van der Waals surface area contributed by atoms with Gasteiger partial charge in [0, 0.05) is 29.8 Å². The van der Waals surface area contributed by atoms with Crippen LogP contribution in [-0.2, 0) is 16.4 Å². The van der Waals surface area contributed by atoms with Gasteiger partial charge in [0.25, 0.3) is 5.91 Å². The van der Waals surface area contributed by atoms with Crippen LogP contribution in [0, 0.1) is 13.8 Å². The molecule has 150 valence electrons. The van der Waals surface area contributed by atoms with Crippen LogP contribution in [0.2, 0.25) is 0 Å². The van der Waals surface area contributed by atoms with E-state index in [1.807, 2.05) is 42.7 Å². The molecular formula is C21H22N4O3S. The third-order valence-electron chi connectivity index (χ3n) is 5.31. The van der Waals surface area contributed by atoms with Crippen molar-refractivity contribution in [3.05, 3.63) is 71.2 Å². The third kappa shape index (κ3) is 3.24. The van der Waals surface area contributed by atoms with Crippen LogP contribution in [-0.4, -0.2) is 37.5 Å². The van der Waals surface area contributed by atoms with Gasteiger partial charge >= 0.3 is 0 Å². The first-order valence-corrected chi connectivity index (χ1v) is 10.8. The number of benzene rings is 1. The number of sulfonamides is 1. The normalized spacial score (nSPS) is 13.6. The van der Waals surface area contributed by atoms with Crippen molar-refractivity contribution in [3.8, 4) is 5.82 Å². The van der Waals surface area contributed by atoms with Gasteiger partial charge in [-0.1, -0.05) is 6.07 Å². The Kier molecular flexibility index (Phi) is 4.76. The Morgan fingerprint density at radius 1 is 1.14 bits per heavy atom. The van der Waals surface area contributed by atoms with E-state index in [4.69, 9.17) is 0 Å². The van der Waals surface area contributed by atoms with Gasteiger partial charge in [-0.15, -0.1) is 0 Å². The summed E-state index contributed by atoms with van der Waals surface area (Å²) in [6.45, 7) is 4.38. The van der Waals surface area contributed by atoms with Crippen molar-refractivity contribution in [3.63, 3.8) is 0 Å². The summed E-state index contributed by atoms with van der Waals surface area (Å²) in [5.74, 6) is 0.675. The van der Waals surface area contributed by atoms with Crippen LogP contribution in [0.3, 0.4) is 0 Å². The lowest BCUT2D eigenvalue weighted by Gasteiger charge is -2.18. The molecule has 7 nitrogen and oxygen atoms in total. The quantitative estimate of drug-likeness (QED) is 0.717. The summed E-state index contributed by atoms with van der Waals surface area (Å²) in [7, 11) is -2.13. The summed E-state index contributed by atoms with van der Waals surface area (Å²) in [5, 5.41) is 0. The van der Waals surface area contributed by atoms with Crippen LogP contribution < -0.4 is 9.62 Å². The van der Waals surface area contributed by atoms with Crippen molar-refractivity contribution in [1.82, 2.24) is 14.3 Å². The largest absolute Gasteiger partial charge is 0.308 e. The molecule has 0 unspecified atom stereocenters. The zero-order valence-electron chi connectivity index (χ0n) is 16.5. The minimum absolute atomic E-state index is 0.0942. The third-order valence-corrected chi connectivity index (χ3v) is 6.72. The number of anilines is 1. The lowest BCUT2D eigenvalue weighted by atomic mass is 10.1. The van der Waals surface area contributed by atoms with E-state index in [9.17, 15) is 13.2 Å². The van der Waals surface area contributed by atoms with Crippen LogP contribution in [0.5, 0.6) is 0 Å². The van der Waals surface area contributed by atoms with Gasteiger partial charge in [0.15, 0.2) is 0 Å². The summed E-state index contributed by atoms with van der Waals surface area (Å²) in [5.41, 5.74) is 3.99. The minimum atomic E-state index is -3.51. The molecule has 0 radical (unpaired) electrons. The van der Waals surface area contributed by atoms with Gasteiger partial charge in [0.05, 0.1) is 10.5 Å². The molecule has 0 saturated carbocycles. The minimum Gasteiger partial charge on any atom is -0.308 e. The highest BCUT2D eigenvalue weighted by atomic mass is 32.2. The molecule has 0 saturated heterocycles. The van der Waals surface area contributed by atoms with Crippen LogP contribution >= 0.6 is 0 Å². The average molecular weight is 410 g/mol. The van der Waals surface area contributed by atoms with Gasteiger partial charge in [-0.25, -0.2) is 18.1 Å². The van der Waals surface area contributed by atoms with Gasteiger partial charge in [-0.05, 0) is 69.3 Å². The number of aromatic nitrogens is 2. The number of fused-ring (bicyclic) bond motifs is 1. The molecule has 0 aliphatic carbocycles. The molecule has 1 aliphatic heterocycles. The van der Waals surface area contributed by atoms with Gasteiger partial charge in [-0.3, -0.25) is 4.79 Å². The number of aryl methyl sites for hydroxylation is 1. The van der Waals surface area contributed by atoms with E-state index in [2.05, 4.69) is 9.71 Å². The maximum atomic E-state index is 13.3. The Morgan fingerprint density at radius 3 is 2.62 bits per heavy atom. The summed E-state index contributed by atoms with van der Waals surface area (Å²) in [4.78, 5) is 19.6. The second-order valence-electron chi connectivity index (χ2n) is 7.01. The molecule has 1 aliphatic rings. The maximum Gasteiger partial charge on any atom is 0.260 e. The number of nitrogens with one attached hydrogen (secondary N) is 1. The highest BCUT2D eigenvalue weighted by Gasteiger charge is 2.29. The Morgan fingerprint density at radius 2 is 1.93 bits per heavy atom. The number of hydrogen-bond acceptors (Lipinski definition) is 4. The number of hydrogen-bond donors (Lipinski definition) is 1. The second kappa shape index (κ2) is 7.13. The smallest absolute Gasteiger partial charge is 0.260 e. The fourth-order valence-electron chi connectivity index (χ4n) is 3.84. The van der Waals surface area contributed by atoms with Crippen molar-refractivity contribution in [2.45, 2.75) is 25.2 Å². The average Bonchev–Trinajstić information content (AvgIpc) is 3.28. The molecule has 0 bridgehead atoms. The van der Waals surface area contributed by atoms with Crippen LogP contribution in [0.1, 0.15) is 27.3 Å². The van der Waals surface area contributed by atoms with Gasteiger partial charge in [0.2, 0.25) is 10.0 Å². The Hall–Kier alpha value is -2.97. The first-order valence-electron chi connectivity index (χ1n) is 9.32. The molecule has 1 amide bonds. The van der Waals surface area contributed by atoms with Crippen LogP contribution in [0.15, 0.2) is 53.6 Å². The van der Waals surface area contributed by atoms with E-state index in [1.54, 1.807) is 23.2 Å². The SMILES string of the molecule is CNS(=O)(=O)c1ccc2c(c1)CCN2C(=O)c1cc(C)n(-c2ccccn2)c1C. The molecule has 3 aromatic rings. The molecule has 2 aromatic heterocycles. The van der Waals surface area contributed by atoms with E-state index < -0.39 is 10.0 Å². The molecule has 4 rings (SSSR count). The summed E-state index contributed by atoms with van der Waals surface area (Å²) in [6.07, 6.45) is 2.34. The van der Waals surface area contributed by atoms with E-state index in [0.29, 0.717) is 18.5 Å². The lowest BCUT2D eigenvalue weighted by Crippen LogP contribution is -2.29. The maximum absolute atomic E-state index is 13.3. The fourth-order valence-corrected chi connectivity index (χ4v) is 4.62. The van der Waals surface area contributed by atoms with Crippen molar-refractivity contribution >= 4 is 21.6 Å². The van der Waals surface area contributed by atoms with Crippen LogP contribution in [0.4, 0.5) is 5.69 Å². The summed E-state index contributed by atoms with van der Waals surface area (Å²) in [6, 6.07) is 12.4. The molecular weight excluding hydrogens is 388 g/mol. The van der Waals surface area contributed by atoms with Gasteiger partial charge in [0.1, 0.15) is 5.82 Å². The predicted molar refractivity (Wildman–Crippen MR) is 111 cm³/mol. The molecule has 0 atom stereocenters. The monoisotopic (exact) mass is 410 g/mol. The Bertz CT molecular complexity index is 1200. The predicted octanol–water partition coefficient (Wildman–Crippen LogP) is 2.60. The highest BCUT2D eigenvalue weighted by molar-refractivity contribution is 7.89. The van der Waals surface area contributed by atoms with E-state index >= 15 is 0 Å². The zero-order valence-corrected chi connectivity index (χ0v) is 17.3. The van der Waals surface area contributed by atoms with Crippen molar-refractivity contribution < 1.29 is 13.2 Å². The summed E-state index contributed by atoms with van der Waals surface area (Å²) < 4.78 is 28.4. The summed E-state index contributed by atoms with van der Waals surface area (Å²) >= 11 is 0. The number of nitrogens with zero attached hydrogens (tertiary/aromatic N) is 3. The number of carbonyl (C=O) groups excluding carboxylic acids is 1. The first-order chi connectivity index (χ1) is 13.8. The number of rotatable bonds is 4. The van der Waals surface area contributed by atoms with Crippen molar-refractivity contribution in [1.29, 1.82) is 0 Å². The molecule has 3 heterocycles. The van der Waals surface area contributed by atoms with E-state index in [0.717, 1.165) is 28.5 Å². The highest BCUT2D eigenvalue weighted by Crippen LogP contribution is 2.32. The Balaban J connectivity index is 1.70. The van der Waals surface area contributed by atoms with Crippen LogP contribution in [0.25, 0.3) is 5.82 Å². The zero-order chi connectivity index (χ0) is 20.8. The van der Waals surface area contributed by atoms with Gasteiger partial charge < -0.3 is 9.47 Å². The van der Waals surface area contributed by atoms with Crippen molar-refractivity contribution in [2.75, 3.05) is 18.5 Å². The standard InChI is InChI=1S/C21H22N4O3S/c1-14-12-18(15(2)25(14)20-6-4-5-10-23-20)21(26)24-11-9-16-13-17(7-8-19(16)24)29(27,28)22-3/h4-8,10,12-13,22H,9,11H2,1-3H3. The van der Waals surface area contributed by atoms with Crippen molar-refractivity contribution in [2.24, 2.45) is 0 Å². The molecule has 0 fully saturated rings. The topological polar surface area (TPSA) is 84.3 Å². The fraction of sp³-hybridized carbons (Fsp3) is 0.238. The molecule has 1 aromatic carbocycles. The first kappa shape index (κ1) is 19.4. The number of pyridine rings is 1. The molecule has 8 heteroatoms. The molecule has 29 heavy (non-hydrogen) atoms. The second-order valence-corrected chi connectivity index (χ2v) is 8.90. The van der Waals surface area contributed by atoms with E-state index in [1.165, 1.54) is 13.1 Å². The van der Waals surface area contributed by atoms with Gasteiger partial charge in [-0.2, -0.15) is 0 Å². The molecule has 0 spiro atoms.